The molecule has 5 heteroatoms. The Kier molecular flexibility index (Phi) is 6.39. The molecule has 0 amide bonds. The van der Waals surface area contributed by atoms with Crippen LogP contribution in [0.3, 0.4) is 0 Å². The molecule has 0 unspecified atom stereocenters. The Morgan fingerprint density at radius 1 is 1.38 bits per heavy atom. The highest BCUT2D eigenvalue weighted by Gasteiger charge is 2.06. The Balaban J connectivity index is 0.000000223. The van der Waals surface area contributed by atoms with E-state index < -0.39 is 18.6 Å². The lowest BCUT2D eigenvalue weighted by Gasteiger charge is -1.96. The number of carboxylic acids is 1. The van der Waals surface area contributed by atoms with Crippen LogP contribution in [0.1, 0.15) is 0 Å². The maximum Gasteiger partial charge on any atom is 0.322 e. The molecule has 0 aliphatic rings. The zero-order valence-electron chi connectivity index (χ0n) is 7.00. The normalized spacial score (nSPS) is 10.9. The average Bonchev–Trinajstić information content (AvgIpc) is 2.20. The summed E-state index contributed by atoms with van der Waals surface area (Å²) in [5.41, 5.74) is 4.77. The summed E-state index contributed by atoms with van der Waals surface area (Å²) in [5, 5.41) is 15.9. The van der Waals surface area contributed by atoms with E-state index in [2.05, 4.69) is 4.98 Å². The van der Waals surface area contributed by atoms with E-state index in [1.165, 1.54) is 0 Å². The third kappa shape index (κ3) is 6.92. The largest absolute Gasteiger partial charge is 0.480 e. The second-order valence-corrected chi connectivity index (χ2v) is 2.15. The Labute approximate surface area is 75.8 Å². The van der Waals surface area contributed by atoms with Crippen LogP contribution in [0.15, 0.2) is 30.6 Å². The van der Waals surface area contributed by atoms with Gasteiger partial charge in [-0.15, -0.1) is 0 Å². The molecule has 0 radical (unpaired) electrons. The van der Waals surface area contributed by atoms with Crippen molar-refractivity contribution in [2.45, 2.75) is 6.04 Å². The molecule has 0 fully saturated rings. The molecule has 0 saturated heterocycles. The van der Waals surface area contributed by atoms with Gasteiger partial charge < -0.3 is 15.9 Å². The first-order valence-corrected chi connectivity index (χ1v) is 3.62. The minimum absolute atomic E-state index is 0.505. The molecule has 0 aliphatic heterocycles. The van der Waals surface area contributed by atoms with E-state index in [-0.39, 0.29) is 0 Å². The van der Waals surface area contributed by atoms with Crippen LogP contribution >= 0.6 is 0 Å². The SMILES string of the molecule is N[C@@H](CO)C(=O)O.c1ccncc1. The molecule has 0 saturated carbocycles. The van der Waals surface area contributed by atoms with E-state index in [4.69, 9.17) is 15.9 Å². The first-order chi connectivity index (χ1) is 6.18. The molecule has 0 aromatic carbocycles. The van der Waals surface area contributed by atoms with Crippen LogP contribution in [-0.4, -0.2) is 33.8 Å². The number of carbonyl (C=O) groups is 1. The van der Waals surface area contributed by atoms with Crippen molar-refractivity contribution in [2.75, 3.05) is 6.61 Å². The van der Waals surface area contributed by atoms with Crippen LogP contribution in [0.4, 0.5) is 0 Å². The molecule has 1 atom stereocenters. The Morgan fingerprint density at radius 3 is 2.00 bits per heavy atom. The fourth-order valence-electron chi connectivity index (χ4n) is 0.391. The second-order valence-electron chi connectivity index (χ2n) is 2.15. The number of carboxylic acid groups (broad SMARTS) is 1. The van der Waals surface area contributed by atoms with E-state index in [0.29, 0.717) is 0 Å². The molecule has 13 heavy (non-hydrogen) atoms. The molecule has 1 aromatic rings. The van der Waals surface area contributed by atoms with Crippen molar-refractivity contribution in [1.82, 2.24) is 4.98 Å². The Morgan fingerprint density at radius 2 is 1.92 bits per heavy atom. The summed E-state index contributed by atoms with van der Waals surface area (Å²) >= 11 is 0. The summed E-state index contributed by atoms with van der Waals surface area (Å²) in [6, 6.07) is 4.59. The number of aliphatic hydroxyl groups is 1. The van der Waals surface area contributed by atoms with Crippen molar-refractivity contribution in [3.8, 4) is 0 Å². The van der Waals surface area contributed by atoms with E-state index in [9.17, 15) is 4.79 Å². The first-order valence-electron chi connectivity index (χ1n) is 3.62. The number of aliphatic carboxylic acids is 1. The molecule has 1 aromatic heterocycles. The van der Waals surface area contributed by atoms with Gasteiger partial charge in [0.05, 0.1) is 6.61 Å². The van der Waals surface area contributed by atoms with Gasteiger partial charge in [-0.2, -0.15) is 0 Å². The minimum Gasteiger partial charge on any atom is -0.480 e. The summed E-state index contributed by atoms with van der Waals surface area (Å²) in [7, 11) is 0. The minimum atomic E-state index is -1.18. The average molecular weight is 184 g/mol. The summed E-state index contributed by atoms with van der Waals surface area (Å²) in [5.74, 6) is -1.18. The molecular weight excluding hydrogens is 172 g/mol. The lowest BCUT2D eigenvalue weighted by atomic mass is 10.3. The number of aromatic nitrogens is 1. The highest BCUT2D eigenvalue weighted by molar-refractivity contribution is 5.73. The van der Waals surface area contributed by atoms with Crippen LogP contribution in [0.2, 0.25) is 0 Å². The number of pyridine rings is 1. The topological polar surface area (TPSA) is 96.4 Å². The quantitative estimate of drug-likeness (QED) is 0.574. The molecule has 4 N–H and O–H groups in total. The monoisotopic (exact) mass is 184 g/mol. The van der Waals surface area contributed by atoms with Crippen molar-refractivity contribution < 1.29 is 15.0 Å². The molecule has 72 valence electrons. The van der Waals surface area contributed by atoms with Crippen molar-refractivity contribution in [3.63, 3.8) is 0 Å². The number of hydrogen-bond donors (Lipinski definition) is 3. The first kappa shape index (κ1) is 11.5. The zero-order chi connectivity index (χ0) is 10.1. The number of rotatable bonds is 2. The molecule has 1 rings (SSSR count). The third-order valence-electron chi connectivity index (χ3n) is 1.08. The molecule has 0 bridgehead atoms. The number of aliphatic hydroxyl groups excluding tert-OH is 1. The van der Waals surface area contributed by atoms with Gasteiger partial charge >= 0.3 is 5.97 Å². The third-order valence-corrected chi connectivity index (χ3v) is 1.08. The second kappa shape index (κ2) is 7.20. The lowest BCUT2D eigenvalue weighted by molar-refractivity contribution is -0.139. The number of hydrogen-bond acceptors (Lipinski definition) is 4. The fraction of sp³-hybridized carbons (Fsp3) is 0.250. The van der Waals surface area contributed by atoms with Gasteiger partial charge in [0, 0.05) is 12.4 Å². The van der Waals surface area contributed by atoms with Gasteiger partial charge in [-0.3, -0.25) is 9.78 Å². The Hall–Kier alpha value is -1.46. The van der Waals surface area contributed by atoms with Gasteiger partial charge in [0.2, 0.25) is 0 Å². The van der Waals surface area contributed by atoms with Crippen molar-refractivity contribution in [1.29, 1.82) is 0 Å². The predicted octanol–water partition coefficient (Wildman–Crippen LogP) is -0.528. The van der Waals surface area contributed by atoms with Gasteiger partial charge in [0.1, 0.15) is 6.04 Å². The van der Waals surface area contributed by atoms with Gasteiger partial charge in [-0.05, 0) is 12.1 Å². The van der Waals surface area contributed by atoms with Gasteiger partial charge in [0.25, 0.3) is 0 Å². The summed E-state index contributed by atoms with van der Waals surface area (Å²) in [4.78, 5) is 13.4. The number of nitrogens with two attached hydrogens (primary N) is 1. The van der Waals surface area contributed by atoms with Crippen LogP contribution in [0.25, 0.3) is 0 Å². The summed E-state index contributed by atoms with van der Waals surface area (Å²) < 4.78 is 0. The summed E-state index contributed by atoms with van der Waals surface area (Å²) in [6.07, 6.45) is 3.50. The van der Waals surface area contributed by atoms with Gasteiger partial charge in [-0.1, -0.05) is 6.07 Å². The van der Waals surface area contributed by atoms with E-state index in [1.807, 2.05) is 18.2 Å². The molecule has 5 nitrogen and oxygen atoms in total. The molecule has 0 aliphatic carbocycles. The van der Waals surface area contributed by atoms with Crippen LogP contribution < -0.4 is 5.73 Å². The Bertz CT molecular complexity index is 201. The molecule has 1 heterocycles. The summed E-state index contributed by atoms with van der Waals surface area (Å²) in [6.45, 7) is -0.505. The van der Waals surface area contributed by atoms with Crippen LogP contribution in [-0.2, 0) is 4.79 Å². The predicted molar refractivity (Wildman–Crippen MR) is 46.9 cm³/mol. The van der Waals surface area contributed by atoms with E-state index >= 15 is 0 Å². The highest BCUT2D eigenvalue weighted by atomic mass is 16.4. The highest BCUT2D eigenvalue weighted by Crippen LogP contribution is 1.73. The molecule has 0 spiro atoms. The smallest absolute Gasteiger partial charge is 0.322 e. The van der Waals surface area contributed by atoms with Crippen LogP contribution in [0, 0.1) is 0 Å². The van der Waals surface area contributed by atoms with E-state index in [0.717, 1.165) is 0 Å². The van der Waals surface area contributed by atoms with Crippen molar-refractivity contribution in [2.24, 2.45) is 5.73 Å². The van der Waals surface area contributed by atoms with Crippen molar-refractivity contribution >= 4 is 5.97 Å². The zero-order valence-corrected chi connectivity index (χ0v) is 7.00. The number of nitrogens with zero attached hydrogens (tertiary/aromatic N) is 1. The van der Waals surface area contributed by atoms with Crippen LogP contribution in [0.5, 0.6) is 0 Å². The maximum absolute atomic E-state index is 9.65. The molecular formula is C8H12N2O3. The van der Waals surface area contributed by atoms with Crippen molar-refractivity contribution in [3.05, 3.63) is 30.6 Å². The fourth-order valence-corrected chi connectivity index (χ4v) is 0.391. The lowest BCUT2D eigenvalue weighted by Crippen LogP contribution is -2.33. The standard InChI is InChI=1S/C5H5N.C3H7NO3/c1-2-4-6-5-3-1;4-2(1-5)3(6)7/h1-5H;2,5H,1,4H2,(H,6,7)/t;2-/m.0/s1. The van der Waals surface area contributed by atoms with Gasteiger partial charge in [-0.25, -0.2) is 0 Å². The van der Waals surface area contributed by atoms with E-state index in [1.54, 1.807) is 12.4 Å². The maximum atomic E-state index is 9.65. The van der Waals surface area contributed by atoms with Gasteiger partial charge in [0.15, 0.2) is 0 Å².